The SMILES string of the molecule is C=C1CCC2=C(c3c(F)c(F)c(F)c(F)c3C(=O)O)c3ccc(N)cc3OC2C1. The van der Waals surface area contributed by atoms with Crippen LogP contribution in [0.4, 0.5) is 23.2 Å². The Labute approximate surface area is 162 Å². The predicted molar refractivity (Wildman–Crippen MR) is 97.5 cm³/mol. The fourth-order valence-electron chi connectivity index (χ4n) is 3.89. The summed E-state index contributed by atoms with van der Waals surface area (Å²) in [6, 6.07) is 4.38. The number of halogens is 4. The molecule has 8 heteroatoms. The van der Waals surface area contributed by atoms with Crippen molar-refractivity contribution in [2.45, 2.75) is 25.4 Å². The summed E-state index contributed by atoms with van der Waals surface area (Å²) >= 11 is 0. The number of ether oxygens (including phenoxy) is 1. The number of anilines is 1. The Kier molecular flexibility index (Phi) is 4.37. The first-order chi connectivity index (χ1) is 13.7. The van der Waals surface area contributed by atoms with Crippen molar-refractivity contribution < 1.29 is 32.2 Å². The van der Waals surface area contributed by atoms with Crippen LogP contribution in [0, 0.1) is 23.3 Å². The zero-order chi connectivity index (χ0) is 21.0. The Morgan fingerprint density at radius 1 is 1.10 bits per heavy atom. The molecule has 4 nitrogen and oxygen atoms in total. The van der Waals surface area contributed by atoms with Crippen molar-refractivity contribution in [3.63, 3.8) is 0 Å². The van der Waals surface area contributed by atoms with Crippen LogP contribution >= 0.6 is 0 Å². The van der Waals surface area contributed by atoms with E-state index in [2.05, 4.69) is 6.58 Å². The lowest BCUT2D eigenvalue weighted by Gasteiger charge is -2.36. The van der Waals surface area contributed by atoms with Crippen molar-refractivity contribution in [2.75, 3.05) is 5.73 Å². The van der Waals surface area contributed by atoms with Gasteiger partial charge in [-0.15, -0.1) is 0 Å². The summed E-state index contributed by atoms with van der Waals surface area (Å²) in [6.45, 7) is 3.91. The molecule has 150 valence electrons. The number of benzene rings is 2. The highest BCUT2D eigenvalue weighted by molar-refractivity contribution is 5.99. The maximum atomic E-state index is 14.9. The van der Waals surface area contributed by atoms with E-state index in [1.807, 2.05) is 0 Å². The molecule has 1 aliphatic carbocycles. The summed E-state index contributed by atoms with van der Waals surface area (Å²) in [5, 5.41) is 9.46. The fraction of sp³-hybridized carbons (Fsp3) is 0.190. The van der Waals surface area contributed by atoms with Crippen molar-refractivity contribution in [1.82, 2.24) is 0 Å². The van der Waals surface area contributed by atoms with Gasteiger partial charge in [-0.2, -0.15) is 0 Å². The van der Waals surface area contributed by atoms with Gasteiger partial charge in [0, 0.05) is 29.3 Å². The molecule has 3 N–H and O–H groups in total. The zero-order valence-corrected chi connectivity index (χ0v) is 15.0. The first-order valence-electron chi connectivity index (χ1n) is 8.76. The second-order valence-electron chi connectivity index (χ2n) is 7.03. The summed E-state index contributed by atoms with van der Waals surface area (Å²) in [4.78, 5) is 11.7. The monoisotopic (exact) mass is 405 g/mol. The summed E-state index contributed by atoms with van der Waals surface area (Å²) < 4.78 is 63.1. The number of hydrogen-bond acceptors (Lipinski definition) is 3. The maximum absolute atomic E-state index is 14.9. The third kappa shape index (κ3) is 2.86. The maximum Gasteiger partial charge on any atom is 0.339 e. The molecule has 0 radical (unpaired) electrons. The first-order valence-corrected chi connectivity index (χ1v) is 8.76. The van der Waals surface area contributed by atoms with E-state index >= 15 is 0 Å². The molecule has 1 saturated carbocycles. The quantitative estimate of drug-likeness (QED) is 0.247. The predicted octanol–water partition coefficient (Wildman–Crippen LogP) is 4.83. The van der Waals surface area contributed by atoms with Crippen molar-refractivity contribution in [2.24, 2.45) is 0 Å². The van der Waals surface area contributed by atoms with E-state index in [9.17, 15) is 27.5 Å². The summed E-state index contributed by atoms with van der Waals surface area (Å²) in [5.74, 6) is -9.67. The lowest BCUT2D eigenvalue weighted by atomic mass is 9.78. The first kappa shape index (κ1) is 19.0. The summed E-state index contributed by atoms with van der Waals surface area (Å²) in [5.41, 5.74) is 5.56. The molecule has 29 heavy (non-hydrogen) atoms. The van der Waals surface area contributed by atoms with Crippen LogP contribution in [0.1, 0.15) is 40.7 Å². The van der Waals surface area contributed by atoms with Crippen LogP contribution in [-0.2, 0) is 0 Å². The lowest BCUT2D eigenvalue weighted by molar-refractivity contribution is 0.0689. The van der Waals surface area contributed by atoms with Crippen LogP contribution in [0.2, 0.25) is 0 Å². The topological polar surface area (TPSA) is 72.5 Å². The number of nitrogens with two attached hydrogens (primary N) is 1. The van der Waals surface area contributed by atoms with Gasteiger partial charge < -0.3 is 15.6 Å². The Morgan fingerprint density at radius 3 is 2.48 bits per heavy atom. The Hall–Kier alpha value is -3.29. The molecule has 0 amide bonds. The molecule has 0 bridgehead atoms. The second kappa shape index (κ2) is 6.65. The summed E-state index contributed by atoms with van der Waals surface area (Å²) in [6.07, 6.45) is 0.572. The smallest absolute Gasteiger partial charge is 0.339 e. The zero-order valence-electron chi connectivity index (χ0n) is 15.0. The van der Waals surface area contributed by atoms with Crippen LogP contribution in [0.3, 0.4) is 0 Å². The number of carboxylic acids is 1. The number of rotatable bonds is 2. The van der Waals surface area contributed by atoms with Gasteiger partial charge in [-0.1, -0.05) is 12.2 Å². The highest BCUT2D eigenvalue weighted by Crippen LogP contribution is 2.47. The van der Waals surface area contributed by atoms with Crippen LogP contribution in [0.15, 0.2) is 35.9 Å². The minimum atomic E-state index is -2.17. The third-order valence-electron chi connectivity index (χ3n) is 5.21. The molecular formula is C21H15F4NO3. The number of aromatic carboxylic acids is 1. The fourth-order valence-corrected chi connectivity index (χ4v) is 3.89. The van der Waals surface area contributed by atoms with E-state index in [4.69, 9.17) is 10.5 Å². The summed E-state index contributed by atoms with van der Waals surface area (Å²) in [7, 11) is 0. The molecule has 1 aliphatic heterocycles. The minimum absolute atomic E-state index is 0.0172. The minimum Gasteiger partial charge on any atom is -0.485 e. The van der Waals surface area contributed by atoms with Gasteiger partial charge in [0.2, 0.25) is 0 Å². The number of carboxylic acid groups (broad SMARTS) is 1. The Morgan fingerprint density at radius 2 is 1.79 bits per heavy atom. The van der Waals surface area contributed by atoms with Gasteiger partial charge in [-0.05, 0) is 36.1 Å². The van der Waals surface area contributed by atoms with Gasteiger partial charge in [-0.25, -0.2) is 22.4 Å². The van der Waals surface area contributed by atoms with Gasteiger partial charge in [0.05, 0.1) is 0 Å². The molecule has 0 saturated heterocycles. The molecule has 2 aromatic carbocycles. The van der Waals surface area contributed by atoms with Crippen LogP contribution < -0.4 is 10.5 Å². The van der Waals surface area contributed by atoms with Crippen LogP contribution in [0.5, 0.6) is 5.75 Å². The van der Waals surface area contributed by atoms with E-state index in [-0.39, 0.29) is 16.9 Å². The molecule has 0 aromatic heterocycles. The molecule has 1 fully saturated rings. The number of fused-ring (bicyclic) bond motifs is 2. The van der Waals surface area contributed by atoms with Gasteiger partial charge in [-0.3, -0.25) is 0 Å². The molecule has 2 aliphatic rings. The molecule has 1 heterocycles. The van der Waals surface area contributed by atoms with Gasteiger partial charge in [0.1, 0.15) is 17.4 Å². The van der Waals surface area contributed by atoms with Crippen molar-refractivity contribution in [3.05, 3.63) is 75.9 Å². The molecule has 4 rings (SSSR count). The van der Waals surface area contributed by atoms with E-state index in [0.29, 0.717) is 30.5 Å². The molecule has 0 spiro atoms. The second-order valence-corrected chi connectivity index (χ2v) is 7.03. The standard InChI is InChI=1S/C21H15F4NO3/c1-8-2-4-10-12(6-8)29-13-7-9(26)3-5-11(13)14(10)15-16(21(27)28)18(23)20(25)19(24)17(15)22/h3,5,7,12H,1-2,4,6,26H2,(H,27,28). The van der Waals surface area contributed by atoms with Gasteiger partial charge >= 0.3 is 5.97 Å². The van der Waals surface area contributed by atoms with Gasteiger partial charge in [0.25, 0.3) is 0 Å². The molecular weight excluding hydrogens is 390 g/mol. The van der Waals surface area contributed by atoms with E-state index in [1.54, 1.807) is 0 Å². The average molecular weight is 405 g/mol. The van der Waals surface area contributed by atoms with Crippen molar-refractivity contribution >= 4 is 17.2 Å². The van der Waals surface area contributed by atoms with E-state index in [0.717, 1.165) is 5.57 Å². The molecule has 2 aromatic rings. The molecule has 1 atom stereocenters. The average Bonchev–Trinajstić information content (AvgIpc) is 2.66. The Bertz CT molecular complexity index is 1120. The van der Waals surface area contributed by atoms with Gasteiger partial charge in [0.15, 0.2) is 23.3 Å². The van der Waals surface area contributed by atoms with E-state index in [1.165, 1.54) is 18.2 Å². The molecule has 1 unspecified atom stereocenters. The number of hydrogen-bond donors (Lipinski definition) is 2. The number of nitrogen functional groups attached to an aromatic ring is 1. The largest absolute Gasteiger partial charge is 0.485 e. The normalized spacial score (nSPS) is 18.2. The third-order valence-corrected chi connectivity index (χ3v) is 5.21. The van der Waals surface area contributed by atoms with Crippen LogP contribution in [0.25, 0.3) is 5.57 Å². The van der Waals surface area contributed by atoms with Crippen molar-refractivity contribution in [1.29, 1.82) is 0 Å². The Balaban J connectivity index is 2.12. The van der Waals surface area contributed by atoms with Crippen LogP contribution in [-0.4, -0.2) is 17.2 Å². The lowest BCUT2D eigenvalue weighted by Crippen LogP contribution is -2.29. The van der Waals surface area contributed by atoms with Crippen molar-refractivity contribution in [3.8, 4) is 5.75 Å². The van der Waals surface area contributed by atoms with E-state index < -0.39 is 46.5 Å². The highest BCUT2D eigenvalue weighted by atomic mass is 19.2. The highest BCUT2D eigenvalue weighted by Gasteiger charge is 2.38. The number of carbonyl (C=O) groups is 1.